The van der Waals surface area contributed by atoms with E-state index in [-0.39, 0.29) is 24.9 Å². The van der Waals surface area contributed by atoms with Crippen LogP contribution in [0.2, 0.25) is 0 Å². The summed E-state index contributed by atoms with van der Waals surface area (Å²) in [5.74, 6) is 0.430. The fraction of sp³-hybridized carbons (Fsp3) is 0.409. The van der Waals surface area contributed by atoms with Gasteiger partial charge in [-0.3, -0.25) is 9.69 Å². The summed E-state index contributed by atoms with van der Waals surface area (Å²) < 4.78 is 44.4. The van der Waals surface area contributed by atoms with Crippen LogP contribution in [-0.2, 0) is 11.0 Å². The van der Waals surface area contributed by atoms with Crippen molar-refractivity contribution in [3.63, 3.8) is 0 Å². The number of carbonyl (C=O) groups excluding carboxylic acids is 1. The van der Waals surface area contributed by atoms with Crippen LogP contribution in [0.5, 0.6) is 5.75 Å². The lowest BCUT2D eigenvalue weighted by atomic mass is 10.1. The number of benzene rings is 2. The zero-order valence-electron chi connectivity index (χ0n) is 17.6. The molecule has 10 heteroatoms. The molecule has 1 unspecified atom stereocenters. The summed E-state index contributed by atoms with van der Waals surface area (Å²) >= 11 is 0. The summed E-state index contributed by atoms with van der Waals surface area (Å²) in [6.45, 7) is 4.41. The zero-order chi connectivity index (χ0) is 22.4. The average Bonchev–Trinajstić information content (AvgIpc) is 2.73. The summed E-state index contributed by atoms with van der Waals surface area (Å²) in [5.41, 5.74) is 0.574. The van der Waals surface area contributed by atoms with Crippen LogP contribution in [0.1, 0.15) is 12.5 Å². The lowest BCUT2D eigenvalue weighted by molar-refractivity contribution is -0.137. The summed E-state index contributed by atoms with van der Waals surface area (Å²) in [5, 5.41) is 12.9. The molecule has 176 valence electrons. The van der Waals surface area contributed by atoms with Crippen molar-refractivity contribution in [1.82, 2.24) is 4.90 Å². The fourth-order valence-corrected chi connectivity index (χ4v) is 3.45. The SMILES string of the molecule is CC(=O)Nc1ccc(OCC(O)CN2CCN(c3cccc(C(F)(F)F)c3)CC2)cc1.Cl. The molecule has 1 fully saturated rings. The lowest BCUT2D eigenvalue weighted by Crippen LogP contribution is -2.49. The number of rotatable bonds is 7. The van der Waals surface area contributed by atoms with Crippen molar-refractivity contribution in [3.05, 3.63) is 54.1 Å². The Morgan fingerprint density at radius 2 is 1.78 bits per heavy atom. The number of nitrogens with one attached hydrogen (secondary N) is 1. The number of β-amino-alcohol motifs (C(OH)–C–C–N with tert-alkyl or cyclic N) is 1. The van der Waals surface area contributed by atoms with E-state index in [0.29, 0.717) is 49.8 Å². The molecule has 1 heterocycles. The highest BCUT2D eigenvalue weighted by molar-refractivity contribution is 5.88. The van der Waals surface area contributed by atoms with Gasteiger partial charge in [-0.1, -0.05) is 6.07 Å². The maximum absolute atomic E-state index is 12.9. The van der Waals surface area contributed by atoms with Crippen LogP contribution in [0.4, 0.5) is 24.5 Å². The molecule has 1 saturated heterocycles. The number of aliphatic hydroxyl groups excluding tert-OH is 1. The van der Waals surface area contributed by atoms with Gasteiger partial charge in [0.2, 0.25) is 5.91 Å². The summed E-state index contributed by atoms with van der Waals surface area (Å²) in [6.07, 6.45) is -5.05. The van der Waals surface area contributed by atoms with Gasteiger partial charge in [0.15, 0.2) is 0 Å². The number of carbonyl (C=O) groups is 1. The van der Waals surface area contributed by atoms with Crippen LogP contribution in [0.15, 0.2) is 48.5 Å². The van der Waals surface area contributed by atoms with Crippen molar-refractivity contribution in [2.45, 2.75) is 19.2 Å². The number of hydrogen-bond donors (Lipinski definition) is 2. The molecule has 0 saturated carbocycles. The van der Waals surface area contributed by atoms with Crippen LogP contribution in [0.25, 0.3) is 0 Å². The first-order valence-electron chi connectivity index (χ1n) is 10.0. The van der Waals surface area contributed by atoms with E-state index in [0.717, 1.165) is 6.07 Å². The van der Waals surface area contributed by atoms with Gasteiger partial charge in [-0.05, 0) is 42.5 Å². The van der Waals surface area contributed by atoms with Crippen molar-refractivity contribution in [3.8, 4) is 5.75 Å². The molecule has 1 amide bonds. The largest absolute Gasteiger partial charge is 0.491 e. The van der Waals surface area contributed by atoms with E-state index >= 15 is 0 Å². The van der Waals surface area contributed by atoms with E-state index in [1.807, 2.05) is 4.90 Å². The monoisotopic (exact) mass is 473 g/mol. The normalized spacial score (nSPS) is 15.6. The standard InChI is InChI=1S/C22H26F3N3O3.ClH/c1-16(29)26-18-5-7-21(8-6-18)31-15-20(30)14-27-9-11-28(12-10-27)19-4-2-3-17(13-19)22(23,24)25;/h2-8,13,20,30H,9-12,14-15H2,1H3,(H,26,29);1H. The zero-order valence-corrected chi connectivity index (χ0v) is 18.5. The highest BCUT2D eigenvalue weighted by Crippen LogP contribution is 2.31. The molecule has 0 aliphatic carbocycles. The quantitative estimate of drug-likeness (QED) is 0.642. The number of anilines is 2. The Balaban J connectivity index is 0.00000363. The predicted molar refractivity (Wildman–Crippen MR) is 120 cm³/mol. The van der Waals surface area contributed by atoms with Crippen LogP contribution in [0, 0.1) is 0 Å². The Kier molecular flexibility index (Phi) is 9.18. The van der Waals surface area contributed by atoms with E-state index in [4.69, 9.17) is 4.74 Å². The molecule has 3 rings (SSSR count). The third-order valence-electron chi connectivity index (χ3n) is 5.00. The van der Waals surface area contributed by atoms with Gasteiger partial charge in [0.25, 0.3) is 0 Å². The molecule has 1 aliphatic rings. The van der Waals surface area contributed by atoms with E-state index in [9.17, 15) is 23.1 Å². The fourth-order valence-electron chi connectivity index (χ4n) is 3.45. The number of alkyl halides is 3. The Labute approximate surface area is 191 Å². The molecular formula is C22H27ClF3N3O3. The molecule has 1 aliphatic heterocycles. The van der Waals surface area contributed by atoms with E-state index in [2.05, 4.69) is 10.2 Å². The van der Waals surface area contributed by atoms with Crippen molar-refractivity contribution in [2.75, 3.05) is 49.5 Å². The van der Waals surface area contributed by atoms with Crippen molar-refractivity contribution in [1.29, 1.82) is 0 Å². The molecule has 6 nitrogen and oxygen atoms in total. The van der Waals surface area contributed by atoms with E-state index < -0.39 is 17.8 Å². The van der Waals surface area contributed by atoms with Gasteiger partial charge in [-0.15, -0.1) is 12.4 Å². The summed E-state index contributed by atoms with van der Waals surface area (Å²) in [6, 6.07) is 12.2. The van der Waals surface area contributed by atoms with Gasteiger partial charge in [-0.25, -0.2) is 0 Å². The topological polar surface area (TPSA) is 65.0 Å². The minimum atomic E-state index is -4.35. The molecule has 32 heavy (non-hydrogen) atoms. The first kappa shape index (κ1) is 25.8. The molecule has 2 N–H and O–H groups in total. The Morgan fingerprint density at radius 1 is 1.12 bits per heavy atom. The first-order valence-corrected chi connectivity index (χ1v) is 10.0. The second-order valence-corrected chi connectivity index (χ2v) is 7.51. The van der Waals surface area contributed by atoms with Gasteiger partial charge >= 0.3 is 6.18 Å². The minimum absolute atomic E-state index is 0. The number of amides is 1. The maximum Gasteiger partial charge on any atom is 0.416 e. The van der Waals surface area contributed by atoms with Gasteiger partial charge in [0.05, 0.1) is 5.56 Å². The van der Waals surface area contributed by atoms with Gasteiger partial charge in [0, 0.05) is 51.0 Å². The van der Waals surface area contributed by atoms with E-state index in [1.54, 1.807) is 30.3 Å². The Hall–Kier alpha value is -2.49. The van der Waals surface area contributed by atoms with Crippen molar-refractivity contribution in [2.24, 2.45) is 0 Å². The number of piperazine rings is 1. The van der Waals surface area contributed by atoms with Crippen LogP contribution in [-0.4, -0.2) is 61.3 Å². The highest BCUT2D eigenvalue weighted by Gasteiger charge is 2.31. The summed E-state index contributed by atoms with van der Waals surface area (Å²) in [7, 11) is 0. The van der Waals surface area contributed by atoms with Crippen LogP contribution < -0.4 is 15.0 Å². The van der Waals surface area contributed by atoms with Crippen molar-refractivity contribution >= 4 is 29.7 Å². The lowest BCUT2D eigenvalue weighted by Gasteiger charge is -2.37. The third-order valence-corrected chi connectivity index (χ3v) is 5.00. The van der Waals surface area contributed by atoms with Crippen molar-refractivity contribution < 1.29 is 27.8 Å². The number of nitrogens with zero attached hydrogens (tertiary/aromatic N) is 2. The molecule has 0 spiro atoms. The predicted octanol–water partition coefficient (Wildman–Crippen LogP) is 3.65. The molecular weight excluding hydrogens is 447 g/mol. The number of ether oxygens (including phenoxy) is 1. The summed E-state index contributed by atoms with van der Waals surface area (Å²) in [4.78, 5) is 15.0. The van der Waals surface area contributed by atoms with Gasteiger partial charge in [0.1, 0.15) is 18.5 Å². The second kappa shape index (κ2) is 11.4. The average molecular weight is 474 g/mol. The maximum atomic E-state index is 12.9. The van der Waals surface area contributed by atoms with Crippen LogP contribution >= 0.6 is 12.4 Å². The third kappa shape index (κ3) is 7.58. The molecule has 2 aromatic carbocycles. The van der Waals surface area contributed by atoms with Gasteiger partial charge in [-0.2, -0.15) is 13.2 Å². The molecule has 2 aromatic rings. The van der Waals surface area contributed by atoms with Gasteiger partial charge < -0.3 is 20.1 Å². The smallest absolute Gasteiger partial charge is 0.416 e. The minimum Gasteiger partial charge on any atom is -0.491 e. The highest BCUT2D eigenvalue weighted by atomic mass is 35.5. The number of halogens is 4. The Morgan fingerprint density at radius 3 is 2.38 bits per heavy atom. The molecule has 0 radical (unpaired) electrons. The van der Waals surface area contributed by atoms with Crippen LogP contribution in [0.3, 0.4) is 0 Å². The second-order valence-electron chi connectivity index (χ2n) is 7.51. The number of hydrogen-bond acceptors (Lipinski definition) is 5. The molecule has 1 atom stereocenters. The Bertz CT molecular complexity index is 873. The number of aliphatic hydroxyl groups is 1. The molecule has 0 aromatic heterocycles. The van der Waals surface area contributed by atoms with E-state index in [1.165, 1.54) is 19.1 Å². The molecule has 0 bridgehead atoms. The first-order chi connectivity index (χ1) is 14.7.